The summed E-state index contributed by atoms with van der Waals surface area (Å²) in [5.41, 5.74) is 4.00. The van der Waals surface area contributed by atoms with E-state index in [1.807, 2.05) is 0 Å². The second-order valence-corrected chi connectivity index (χ2v) is 4.03. The third-order valence-electron chi connectivity index (χ3n) is 1.52. The molecule has 0 amide bonds. The first-order valence-electron chi connectivity index (χ1n) is 4.51. The Balaban J connectivity index is 2.66. The lowest BCUT2D eigenvalue weighted by Crippen LogP contribution is -2.38. The van der Waals surface area contributed by atoms with E-state index < -0.39 is 17.4 Å². The van der Waals surface area contributed by atoms with Crippen LogP contribution in [-0.2, 0) is 6.18 Å². The summed E-state index contributed by atoms with van der Waals surface area (Å²) >= 11 is 0. The molecular weight excluding hydrogens is 223 g/mol. The molecule has 1 heterocycles. The zero-order chi connectivity index (χ0) is 12.4. The van der Waals surface area contributed by atoms with Gasteiger partial charge >= 0.3 is 6.18 Å². The van der Waals surface area contributed by atoms with Gasteiger partial charge in [0.25, 0.3) is 0 Å². The molecule has 0 spiro atoms. The van der Waals surface area contributed by atoms with E-state index in [0.29, 0.717) is 0 Å². The van der Waals surface area contributed by atoms with Crippen molar-refractivity contribution in [1.82, 2.24) is 10.2 Å². The fraction of sp³-hybridized carbons (Fsp3) is 0.556. The summed E-state index contributed by atoms with van der Waals surface area (Å²) in [4.78, 5) is 0. The van der Waals surface area contributed by atoms with Crippen molar-refractivity contribution < 1.29 is 17.9 Å². The average molecular weight is 235 g/mol. The van der Waals surface area contributed by atoms with Crippen molar-refractivity contribution in [3.8, 4) is 5.88 Å². The van der Waals surface area contributed by atoms with Crippen LogP contribution in [0.1, 0.15) is 19.5 Å². The standard InChI is InChI=1S/C9H12F3N3O/c1-8(2,13)5-16-7-4-3-6(14-15-7)9(10,11)12/h3-4H,5,13H2,1-2H3. The van der Waals surface area contributed by atoms with Crippen molar-refractivity contribution in [1.29, 1.82) is 0 Å². The molecule has 0 bridgehead atoms. The van der Waals surface area contributed by atoms with Crippen molar-refractivity contribution in [3.05, 3.63) is 17.8 Å². The number of rotatable bonds is 3. The number of nitrogens with two attached hydrogens (primary N) is 1. The van der Waals surface area contributed by atoms with E-state index >= 15 is 0 Å². The molecular formula is C9H12F3N3O. The number of halogens is 3. The number of aromatic nitrogens is 2. The van der Waals surface area contributed by atoms with Crippen molar-refractivity contribution >= 4 is 0 Å². The Morgan fingerprint density at radius 3 is 2.25 bits per heavy atom. The van der Waals surface area contributed by atoms with Gasteiger partial charge in [-0.3, -0.25) is 0 Å². The van der Waals surface area contributed by atoms with Gasteiger partial charge in [0.05, 0.1) is 0 Å². The van der Waals surface area contributed by atoms with Gasteiger partial charge in [-0.1, -0.05) is 0 Å². The minimum atomic E-state index is -4.49. The third-order valence-corrected chi connectivity index (χ3v) is 1.52. The second-order valence-electron chi connectivity index (χ2n) is 4.03. The van der Waals surface area contributed by atoms with Crippen LogP contribution in [0.2, 0.25) is 0 Å². The Kier molecular flexibility index (Phi) is 3.37. The zero-order valence-electron chi connectivity index (χ0n) is 8.88. The summed E-state index contributed by atoms with van der Waals surface area (Å²) in [6, 6.07) is 1.92. The van der Waals surface area contributed by atoms with Crippen molar-refractivity contribution in [2.45, 2.75) is 25.6 Å². The predicted molar refractivity (Wildman–Crippen MR) is 50.8 cm³/mol. The van der Waals surface area contributed by atoms with Gasteiger partial charge in [-0.15, -0.1) is 10.2 Å². The molecule has 0 unspecified atom stereocenters. The van der Waals surface area contributed by atoms with Crippen molar-refractivity contribution in [3.63, 3.8) is 0 Å². The fourth-order valence-electron chi connectivity index (χ4n) is 0.808. The monoisotopic (exact) mass is 235 g/mol. The first-order chi connectivity index (χ1) is 7.18. The van der Waals surface area contributed by atoms with Gasteiger partial charge in [0.15, 0.2) is 5.69 Å². The first kappa shape index (κ1) is 12.7. The molecule has 1 aromatic rings. The van der Waals surface area contributed by atoms with Crippen LogP contribution < -0.4 is 10.5 Å². The SMILES string of the molecule is CC(C)(N)COc1ccc(C(F)(F)F)nn1. The topological polar surface area (TPSA) is 61.0 Å². The summed E-state index contributed by atoms with van der Waals surface area (Å²) in [5.74, 6) is 0.0199. The normalized spacial score (nSPS) is 12.6. The number of ether oxygens (including phenoxy) is 1. The maximum atomic E-state index is 12.1. The molecule has 1 rings (SSSR count). The Hall–Kier alpha value is -1.37. The van der Waals surface area contributed by atoms with Crippen LogP contribution in [0.3, 0.4) is 0 Å². The Morgan fingerprint density at radius 2 is 1.88 bits per heavy atom. The number of hydrogen-bond donors (Lipinski definition) is 1. The highest BCUT2D eigenvalue weighted by Gasteiger charge is 2.33. The molecule has 0 aliphatic rings. The smallest absolute Gasteiger partial charge is 0.435 e. The molecule has 0 aliphatic carbocycles. The highest BCUT2D eigenvalue weighted by Crippen LogP contribution is 2.27. The molecule has 0 aromatic carbocycles. The predicted octanol–water partition coefficient (Wildman–Crippen LogP) is 1.61. The highest BCUT2D eigenvalue weighted by molar-refractivity contribution is 5.13. The van der Waals surface area contributed by atoms with Gasteiger partial charge < -0.3 is 10.5 Å². The summed E-state index contributed by atoms with van der Waals surface area (Å²) in [7, 11) is 0. The summed E-state index contributed by atoms with van der Waals surface area (Å²) in [6.07, 6.45) is -4.49. The molecule has 1 aromatic heterocycles. The molecule has 0 fully saturated rings. The maximum Gasteiger partial charge on any atom is 0.435 e. The van der Waals surface area contributed by atoms with E-state index in [4.69, 9.17) is 10.5 Å². The largest absolute Gasteiger partial charge is 0.475 e. The van der Waals surface area contributed by atoms with Crippen LogP contribution in [-0.4, -0.2) is 22.3 Å². The fourth-order valence-corrected chi connectivity index (χ4v) is 0.808. The van der Waals surface area contributed by atoms with Crippen LogP contribution in [0.15, 0.2) is 12.1 Å². The molecule has 16 heavy (non-hydrogen) atoms. The second kappa shape index (κ2) is 4.25. The Bertz CT molecular complexity index is 343. The Morgan fingerprint density at radius 1 is 1.25 bits per heavy atom. The average Bonchev–Trinajstić information content (AvgIpc) is 2.13. The van der Waals surface area contributed by atoms with Gasteiger partial charge in [0.2, 0.25) is 5.88 Å². The quantitative estimate of drug-likeness (QED) is 0.864. The van der Waals surface area contributed by atoms with Crippen LogP contribution in [0.25, 0.3) is 0 Å². The van der Waals surface area contributed by atoms with Gasteiger partial charge in [-0.05, 0) is 19.9 Å². The van der Waals surface area contributed by atoms with Crippen molar-refractivity contribution in [2.24, 2.45) is 5.73 Å². The molecule has 0 saturated heterocycles. The van der Waals surface area contributed by atoms with E-state index in [1.54, 1.807) is 13.8 Å². The molecule has 0 atom stereocenters. The van der Waals surface area contributed by atoms with E-state index in [2.05, 4.69) is 10.2 Å². The number of nitrogens with zero attached hydrogens (tertiary/aromatic N) is 2. The molecule has 2 N–H and O–H groups in total. The Labute approximate surface area is 90.6 Å². The van der Waals surface area contributed by atoms with E-state index in [9.17, 15) is 13.2 Å². The minimum Gasteiger partial charge on any atom is -0.475 e. The highest BCUT2D eigenvalue weighted by atomic mass is 19.4. The summed E-state index contributed by atoms with van der Waals surface area (Å²) < 4.78 is 41.5. The lowest BCUT2D eigenvalue weighted by Gasteiger charge is -2.18. The molecule has 7 heteroatoms. The van der Waals surface area contributed by atoms with Gasteiger partial charge in [-0.25, -0.2) is 0 Å². The molecule has 0 radical (unpaired) electrons. The molecule has 0 aliphatic heterocycles. The van der Waals surface area contributed by atoms with Gasteiger partial charge in [-0.2, -0.15) is 13.2 Å². The lowest BCUT2D eigenvalue weighted by molar-refractivity contribution is -0.141. The van der Waals surface area contributed by atoms with E-state index in [1.165, 1.54) is 0 Å². The maximum absolute atomic E-state index is 12.1. The summed E-state index contributed by atoms with van der Waals surface area (Å²) in [5, 5.41) is 6.31. The van der Waals surface area contributed by atoms with Crippen LogP contribution in [0, 0.1) is 0 Å². The van der Waals surface area contributed by atoms with Gasteiger partial charge in [0.1, 0.15) is 6.61 Å². The van der Waals surface area contributed by atoms with Crippen LogP contribution in [0.5, 0.6) is 5.88 Å². The van der Waals surface area contributed by atoms with E-state index in [-0.39, 0.29) is 12.5 Å². The molecule has 4 nitrogen and oxygen atoms in total. The number of hydrogen-bond acceptors (Lipinski definition) is 4. The first-order valence-corrected chi connectivity index (χ1v) is 4.51. The van der Waals surface area contributed by atoms with Crippen LogP contribution >= 0.6 is 0 Å². The molecule has 90 valence electrons. The van der Waals surface area contributed by atoms with Gasteiger partial charge in [0, 0.05) is 11.6 Å². The van der Waals surface area contributed by atoms with E-state index in [0.717, 1.165) is 12.1 Å². The van der Waals surface area contributed by atoms with Crippen LogP contribution in [0.4, 0.5) is 13.2 Å². The summed E-state index contributed by atoms with van der Waals surface area (Å²) in [6.45, 7) is 3.60. The third kappa shape index (κ3) is 4.01. The minimum absolute atomic E-state index is 0.0199. The molecule has 0 saturated carbocycles. The number of alkyl halides is 3. The van der Waals surface area contributed by atoms with Crippen molar-refractivity contribution in [2.75, 3.05) is 6.61 Å². The lowest BCUT2D eigenvalue weighted by atomic mass is 10.1. The zero-order valence-corrected chi connectivity index (χ0v) is 8.88.